The number of carbonyl (C=O) groups is 1. The highest BCUT2D eigenvalue weighted by Crippen LogP contribution is 2.22. The third-order valence-electron chi connectivity index (χ3n) is 5.09. The fourth-order valence-corrected chi connectivity index (χ4v) is 3.41. The van der Waals surface area contributed by atoms with Gasteiger partial charge in [-0.1, -0.05) is 0 Å². The van der Waals surface area contributed by atoms with E-state index < -0.39 is 0 Å². The molecule has 3 rings (SSSR count). The molecule has 1 unspecified atom stereocenters. The number of esters is 1. The van der Waals surface area contributed by atoms with Gasteiger partial charge >= 0.3 is 5.97 Å². The summed E-state index contributed by atoms with van der Waals surface area (Å²) in [5.74, 6) is 1.99. The number of nitrogen functional groups attached to an aromatic ring is 1. The number of anilines is 3. The molecule has 0 amide bonds. The Kier molecular flexibility index (Phi) is 6.99. The first-order chi connectivity index (χ1) is 14.4. The Labute approximate surface area is 177 Å². The third-order valence-corrected chi connectivity index (χ3v) is 5.09. The predicted octanol–water partition coefficient (Wildman–Crippen LogP) is 1.36. The first-order valence-corrected chi connectivity index (χ1v) is 10.2. The second-order valence-corrected chi connectivity index (χ2v) is 7.42. The van der Waals surface area contributed by atoms with Crippen LogP contribution in [0.3, 0.4) is 0 Å². The Morgan fingerprint density at radius 3 is 2.67 bits per heavy atom. The molecule has 1 fully saturated rings. The summed E-state index contributed by atoms with van der Waals surface area (Å²) in [6, 6.07) is 3.66. The van der Waals surface area contributed by atoms with E-state index in [1.165, 1.54) is 0 Å². The molecule has 2 aromatic rings. The number of hydrogen-bond acceptors (Lipinski definition) is 10. The van der Waals surface area contributed by atoms with Crippen molar-refractivity contribution in [1.29, 1.82) is 0 Å². The van der Waals surface area contributed by atoms with E-state index in [9.17, 15) is 4.79 Å². The Morgan fingerprint density at radius 1 is 1.20 bits per heavy atom. The van der Waals surface area contributed by atoms with E-state index >= 15 is 0 Å². The first kappa shape index (κ1) is 21.7. The maximum Gasteiger partial charge on any atom is 0.339 e. The van der Waals surface area contributed by atoms with Gasteiger partial charge in [0.05, 0.1) is 18.2 Å². The van der Waals surface area contributed by atoms with Crippen LogP contribution < -0.4 is 15.5 Å². The van der Waals surface area contributed by atoms with Gasteiger partial charge in [0.25, 0.3) is 0 Å². The van der Waals surface area contributed by atoms with Gasteiger partial charge in [0, 0.05) is 46.5 Å². The molecule has 1 aliphatic heterocycles. The van der Waals surface area contributed by atoms with E-state index in [1.807, 2.05) is 25.1 Å². The van der Waals surface area contributed by atoms with Gasteiger partial charge in [-0.25, -0.2) is 9.78 Å². The summed E-state index contributed by atoms with van der Waals surface area (Å²) >= 11 is 0. The van der Waals surface area contributed by atoms with Gasteiger partial charge < -0.3 is 20.3 Å². The molecule has 0 radical (unpaired) electrons. The fourth-order valence-electron chi connectivity index (χ4n) is 3.41. The molecule has 162 valence electrons. The van der Waals surface area contributed by atoms with Crippen LogP contribution in [-0.2, 0) is 4.74 Å². The zero-order valence-corrected chi connectivity index (χ0v) is 18.1. The molecule has 0 spiro atoms. The molecule has 1 atom stereocenters. The van der Waals surface area contributed by atoms with Gasteiger partial charge in [-0.05, 0) is 32.4 Å². The second kappa shape index (κ2) is 9.66. The molecule has 1 saturated heterocycles. The maximum atomic E-state index is 11.8. The Balaban J connectivity index is 1.67. The molecule has 0 saturated carbocycles. The second-order valence-electron chi connectivity index (χ2n) is 7.42. The van der Waals surface area contributed by atoms with Gasteiger partial charge in [-0.3, -0.25) is 4.90 Å². The number of nitrogens with two attached hydrogens (primary N) is 1. The monoisotopic (exact) mass is 414 g/mol. The van der Waals surface area contributed by atoms with Crippen LogP contribution in [-0.4, -0.2) is 77.7 Å². The van der Waals surface area contributed by atoms with E-state index in [0.29, 0.717) is 23.9 Å². The highest BCUT2D eigenvalue weighted by Gasteiger charge is 2.24. The summed E-state index contributed by atoms with van der Waals surface area (Å²) in [5.41, 5.74) is 6.36. The molecule has 0 aromatic carbocycles. The molecule has 2 N–H and O–H groups in total. The van der Waals surface area contributed by atoms with Crippen molar-refractivity contribution in [3.63, 3.8) is 0 Å². The van der Waals surface area contributed by atoms with Crippen LogP contribution in [0.2, 0.25) is 0 Å². The topological polar surface area (TPSA) is 114 Å². The van der Waals surface area contributed by atoms with E-state index in [2.05, 4.69) is 36.7 Å². The van der Waals surface area contributed by atoms with Crippen molar-refractivity contribution in [3.8, 4) is 0 Å². The molecule has 1 aliphatic rings. The lowest BCUT2D eigenvalue weighted by molar-refractivity contribution is 0.0526. The average molecular weight is 415 g/mol. The molecular weight excluding hydrogens is 384 g/mol. The minimum Gasteiger partial charge on any atom is -0.462 e. The van der Waals surface area contributed by atoms with Gasteiger partial charge in [0.2, 0.25) is 11.9 Å². The van der Waals surface area contributed by atoms with Gasteiger partial charge in [-0.15, -0.1) is 0 Å². The molecule has 0 bridgehead atoms. The molecule has 10 nitrogen and oxygen atoms in total. The minimum atomic E-state index is -0.346. The maximum absolute atomic E-state index is 11.8. The first-order valence-electron chi connectivity index (χ1n) is 10.2. The van der Waals surface area contributed by atoms with Gasteiger partial charge in [0.15, 0.2) is 5.82 Å². The van der Waals surface area contributed by atoms with Crippen LogP contribution in [0, 0.1) is 0 Å². The van der Waals surface area contributed by atoms with Crippen molar-refractivity contribution in [2.45, 2.75) is 26.3 Å². The summed E-state index contributed by atoms with van der Waals surface area (Å²) in [6.45, 7) is 7.69. The summed E-state index contributed by atoms with van der Waals surface area (Å²) in [5, 5.41) is 0. The van der Waals surface area contributed by atoms with Crippen molar-refractivity contribution in [3.05, 3.63) is 29.7 Å². The van der Waals surface area contributed by atoms with Crippen molar-refractivity contribution >= 4 is 23.7 Å². The summed E-state index contributed by atoms with van der Waals surface area (Å²) in [6.07, 6.45) is 2.56. The number of carbonyl (C=O) groups excluding carboxylic acids is 1. The molecule has 3 heterocycles. The lowest BCUT2D eigenvalue weighted by Gasteiger charge is -2.27. The van der Waals surface area contributed by atoms with Crippen molar-refractivity contribution in [1.82, 2.24) is 24.8 Å². The highest BCUT2D eigenvalue weighted by atomic mass is 16.5. The standard InChI is InChI=1S/C20H30N8O2/c1-5-30-18(29)15-7-8-16(22-13-15)28-10-6-9-27(11-12-28)14(2)17-23-19(21)25-20(24-17)26(3)4/h7-8,13-14H,5-6,9-12H2,1-4H3,(H2,21,23,24,25). The summed E-state index contributed by atoms with van der Waals surface area (Å²) < 4.78 is 5.02. The number of pyridine rings is 1. The number of rotatable bonds is 6. The Bertz CT molecular complexity index is 858. The van der Waals surface area contributed by atoms with Gasteiger partial charge in [0.1, 0.15) is 5.82 Å². The van der Waals surface area contributed by atoms with Gasteiger partial charge in [-0.2, -0.15) is 15.0 Å². The average Bonchev–Trinajstić information content (AvgIpc) is 2.99. The van der Waals surface area contributed by atoms with Crippen LogP contribution in [0.1, 0.15) is 42.5 Å². The van der Waals surface area contributed by atoms with E-state index in [0.717, 1.165) is 38.4 Å². The van der Waals surface area contributed by atoms with E-state index in [-0.39, 0.29) is 18.0 Å². The summed E-state index contributed by atoms with van der Waals surface area (Å²) in [7, 11) is 3.76. The van der Waals surface area contributed by atoms with Crippen molar-refractivity contribution in [2.24, 2.45) is 0 Å². The number of ether oxygens (including phenoxy) is 1. The Hall–Kier alpha value is -3.01. The lowest BCUT2D eigenvalue weighted by Crippen LogP contribution is -2.34. The highest BCUT2D eigenvalue weighted by molar-refractivity contribution is 5.89. The molecule has 10 heteroatoms. The molecular formula is C20H30N8O2. The minimum absolute atomic E-state index is 0.0214. The predicted molar refractivity (Wildman–Crippen MR) is 116 cm³/mol. The third kappa shape index (κ3) is 5.12. The van der Waals surface area contributed by atoms with Crippen LogP contribution in [0.4, 0.5) is 17.7 Å². The molecule has 30 heavy (non-hydrogen) atoms. The zero-order valence-electron chi connectivity index (χ0n) is 18.1. The quantitative estimate of drug-likeness (QED) is 0.695. The lowest BCUT2D eigenvalue weighted by atomic mass is 10.2. The van der Waals surface area contributed by atoms with Crippen LogP contribution in [0.5, 0.6) is 0 Å². The van der Waals surface area contributed by atoms with Crippen LogP contribution >= 0.6 is 0 Å². The van der Waals surface area contributed by atoms with E-state index in [1.54, 1.807) is 19.2 Å². The SMILES string of the molecule is CCOC(=O)c1ccc(N2CCCN(C(C)c3nc(N)nc(N(C)C)n3)CC2)nc1. The van der Waals surface area contributed by atoms with Crippen LogP contribution in [0.15, 0.2) is 18.3 Å². The number of hydrogen-bond donors (Lipinski definition) is 1. The van der Waals surface area contributed by atoms with E-state index in [4.69, 9.17) is 10.5 Å². The molecule has 2 aromatic heterocycles. The molecule has 0 aliphatic carbocycles. The summed E-state index contributed by atoms with van der Waals surface area (Å²) in [4.78, 5) is 35.8. The smallest absolute Gasteiger partial charge is 0.339 e. The normalized spacial score (nSPS) is 16.1. The Morgan fingerprint density at radius 2 is 2.00 bits per heavy atom. The van der Waals surface area contributed by atoms with Crippen molar-refractivity contribution < 1.29 is 9.53 Å². The number of nitrogens with zero attached hydrogens (tertiary/aromatic N) is 7. The largest absolute Gasteiger partial charge is 0.462 e. The fraction of sp³-hybridized carbons (Fsp3) is 0.550. The van der Waals surface area contributed by atoms with Crippen molar-refractivity contribution in [2.75, 3.05) is 62.4 Å². The zero-order chi connectivity index (χ0) is 21.7. The number of aromatic nitrogens is 4. The van der Waals surface area contributed by atoms with Crippen LogP contribution in [0.25, 0.3) is 0 Å².